The average Bonchev–Trinajstić information content (AvgIpc) is 3.20. The fraction of sp³-hybridized carbons (Fsp3) is 0.476. The standard InChI is InChI=1S/C21H26N2O5S2/c1-15(16-7-8-18-19(13-16)28-11-4-10-27-18)22-21(24)17-5-2-9-23(14-17)30(25,26)20-6-3-12-29-20/h3,6-8,12-13,15,17H,2,4-5,9-11,14H2,1H3,(H,22,24). The molecule has 7 nitrogen and oxygen atoms in total. The molecule has 162 valence electrons. The monoisotopic (exact) mass is 450 g/mol. The Morgan fingerprint density at radius 1 is 1.20 bits per heavy atom. The van der Waals surface area contributed by atoms with Crippen LogP contribution >= 0.6 is 11.3 Å². The van der Waals surface area contributed by atoms with Crippen LogP contribution in [0.15, 0.2) is 39.9 Å². The highest BCUT2D eigenvalue weighted by molar-refractivity contribution is 7.91. The van der Waals surface area contributed by atoms with Gasteiger partial charge in [0.2, 0.25) is 5.91 Å². The first kappa shape index (κ1) is 21.1. The molecule has 1 fully saturated rings. The summed E-state index contributed by atoms with van der Waals surface area (Å²) in [4.78, 5) is 12.9. The Hall–Kier alpha value is -2.10. The minimum Gasteiger partial charge on any atom is -0.490 e. The number of amides is 1. The van der Waals surface area contributed by atoms with Crippen molar-refractivity contribution in [3.63, 3.8) is 0 Å². The lowest BCUT2D eigenvalue weighted by Crippen LogP contribution is -2.45. The van der Waals surface area contributed by atoms with Crippen LogP contribution in [-0.2, 0) is 14.8 Å². The van der Waals surface area contributed by atoms with Gasteiger partial charge in [-0.2, -0.15) is 4.31 Å². The van der Waals surface area contributed by atoms with E-state index >= 15 is 0 Å². The molecule has 1 aromatic carbocycles. The van der Waals surface area contributed by atoms with E-state index in [0.29, 0.717) is 42.6 Å². The van der Waals surface area contributed by atoms with E-state index in [-0.39, 0.29) is 24.4 Å². The van der Waals surface area contributed by atoms with Crippen LogP contribution in [0.3, 0.4) is 0 Å². The summed E-state index contributed by atoms with van der Waals surface area (Å²) in [6, 6.07) is 8.80. The third-order valence-corrected chi connectivity index (χ3v) is 8.71. The first-order chi connectivity index (χ1) is 14.4. The molecule has 30 heavy (non-hydrogen) atoms. The largest absolute Gasteiger partial charge is 0.490 e. The van der Waals surface area contributed by atoms with Gasteiger partial charge in [0.1, 0.15) is 4.21 Å². The van der Waals surface area contributed by atoms with E-state index in [4.69, 9.17) is 9.47 Å². The molecule has 2 atom stereocenters. The van der Waals surface area contributed by atoms with Crippen molar-refractivity contribution >= 4 is 27.3 Å². The molecule has 9 heteroatoms. The highest BCUT2D eigenvalue weighted by atomic mass is 32.2. The number of piperidine rings is 1. The highest BCUT2D eigenvalue weighted by Crippen LogP contribution is 2.32. The van der Waals surface area contributed by atoms with Gasteiger partial charge < -0.3 is 14.8 Å². The van der Waals surface area contributed by atoms with Crippen molar-refractivity contribution in [3.05, 3.63) is 41.3 Å². The number of benzene rings is 1. The minimum atomic E-state index is -3.54. The van der Waals surface area contributed by atoms with Gasteiger partial charge in [0.15, 0.2) is 11.5 Å². The molecule has 3 heterocycles. The van der Waals surface area contributed by atoms with E-state index in [1.54, 1.807) is 17.5 Å². The molecule has 0 radical (unpaired) electrons. The Morgan fingerprint density at radius 2 is 2.00 bits per heavy atom. The minimum absolute atomic E-state index is 0.124. The molecule has 1 aromatic heterocycles. The van der Waals surface area contributed by atoms with Gasteiger partial charge in [-0.05, 0) is 48.9 Å². The number of thiophene rings is 1. The number of hydrogen-bond donors (Lipinski definition) is 1. The SMILES string of the molecule is CC(NC(=O)C1CCCN(S(=O)(=O)c2cccs2)C1)c1ccc2c(c1)OCCCO2. The molecule has 0 bridgehead atoms. The van der Waals surface area contributed by atoms with Crippen molar-refractivity contribution in [2.45, 2.75) is 36.4 Å². The first-order valence-electron chi connectivity index (χ1n) is 10.2. The Labute approximate surface area is 181 Å². The smallest absolute Gasteiger partial charge is 0.252 e. The summed E-state index contributed by atoms with van der Waals surface area (Å²) in [5.74, 6) is 0.922. The number of rotatable bonds is 5. The second-order valence-electron chi connectivity index (χ2n) is 7.62. The summed E-state index contributed by atoms with van der Waals surface area (Å²) in [5.41, 5.74) is 0.923. The van der Waals surface area contributed by atoms with Crippen molar-refractivity contribution in [1.29, 1.82) is 0 Å². The summed E-state index contributed by atoms with van der Waals surface area (Å²) in [7, 11) is -3.54. The van der Waals surface area contributed by atoms with E-state index in [9.17, 15) is 13.2 Å². The normalized spacial score (nSPS) is 20.9. The van der Waals surface area contributed by atoms with Gasteiger partial charge in [-0.15, -0.1) is 11.3 Å². The Balaban J connectivity index is 1.41. The lowest BCUT2D eigenvalue weighted by atomic mass is 9.98. The molecule has 2 aliphatic rings. The summed E-state index contributed by atoms with van der Waals surface area (Å²) in [6.45, 7) is 3.81. The molecule has 0 saturated carbocycles. The zero-order valence-electron chi connectivity index (χ0n) is 16.9. The van der Waals surface area contributed by atoms with Crippen molar-refractivity contribution in [2.75, 3.05) is 26.3 Å². The lowest BCUT2D eigenvalue weighted by Gasteiger charge is -2.31. The summed E-state index contributed by atoms with van der Waals surface area (Å²) < 4.78 is 38.8. The predicted molar refractivity (Wildman–Crippen MR) is 114 cm³/mol. The van der Waals surface area contributed by atoms with Crippen molar-refractivity contribution in [1.82, 2.24) is 9.62 Å². The quantitative estimate of drug-likeness (QED) is 0.756. The molecular weight excluding hydrogens is 424 g/mol. The maximum atomic E-state index is 12.9. The Bertz CT molecular complexity index is 991. The number of carbonyl (C=O) groups is 1. The lowest BCUT2D eigenvalue weighted by molar-refractivity contribution is -0.126. The number of ether oxygens (including phenoxy) is 2. The second kappa shape index (κ2) is 8.95. The fourth-order valence-corrected chi connectivity index (χ4v) is 6.44. The summed E-state index contributed by atoms with van der Waals surface area (Å²) in [5, 5.41) is 4.79. The van der Waals surface area contributed by atoms with Crippen LogP contribution in [0.2, 0.25) is 0 Å². The van der Waals surface area contributed by atoms with Gasteiger partial charge in [0.25, 0.3) is 10.0 Å². The van der Waals surface area contributed by atoms with Crippen LogP contribution in [-0.4, -0.2) is 44.9 Å². The zero-order chi connectivity index (χ0) is 21.1. The molecule has 2 unspecified atom stereocenters. The molecule has 0 aliphatic carbocycles. The first-order valence-corrected chi connectivity index (χ1v) is 12.5. The van der Waals surface area contributed by atoms with Gasteiger partial charge >= 0.3 is 0 Å². The molecule has 2 aromatic rings. The summed E-state index contributed by atoms with van der Waals surface area (Å²) in [6.07, 6.45) is 2.18. The zero-order valence-corrected chi connectivity index (χ0v) is 18.5. The van der Waals surface area contributed by atoms with E-state index in [0.717, 1.165) is 17.7 Å². The number of hydrogen-bond acceptors (Lipinski definition) is 6. The van der Waals surface area contributed by atoms with Crippen molar-refractivity contribution < 1.29 is 22.7 Å². The van der Waals surface area contributed by atoms with Gasteiger partial charge in [-0.25, -0.2) is 8.42 Å². The third kappa shape index (κ3) is 4.48. The number of nitrogens with zero attached hydrogens (tertiary/aromatic N) is 1. The molecule has 2 aliphatic heterocycles. The predicted octanol–water partition coefficient (Wildman–Crippen LogP) is 3.19. The number of sulfonamides is 1. The highest BCUT2D eigenvalue weighted by Gasteiger charge is 2.34. The molecule has 1 N–H and O–H groups in total. The van der Waals surface area contributed by atoms with E-state index < -0.39 is 10.0 Å². The Morgan fingerprint density at radius 3 is 2.77 bits per heavy atom. The second-order valence-corrected chi connectivity index (χ2v) is 10.7. The van der Waals surface area contributed by atoms with Crippen LogP contribution in [0, 0.1) is 5.92 Å². The van der Waals surface area contributed by atoms with Gasteiger partial charge in [-0.1, -0.05) is 12.1 Å². The van der Waals surface area contributed by atoms with E-state index in [2.05, 4.69) is 5.32 Å². The summed E-state index contributed by atoms with van der Waals surface area (Å²) >= 11 is 1.20. The average molecular weight is 451 g/mol. The topological polar surface area (TPSA) is 84.9 Å². The maximum absolute atomic E-state index is 12.9. The van der Waals surface area contributed by atoms with Crippen LogP contribution in [0.5, 0.6) is 11.5 Å². The van der Waals surface area contributed by atoms with E-state index in [1.807, 2.05) is 25.1 Å². The van der Waals surface area contributed by atoms with Crippen LogP contribution in [0.25, 0.3) is 0 Å². The molecule has 4 rings (SSSR count). The van der Waals surface area contributed by atoms with Crippen molar-refractivity contribution in [3.8, 4) is 11.5 Å². The van der Waals surface area contributed by atoms with Gasteiger partial charge in [0, 0.05) is 19.5 Å². The Kier molecular flexibility index (Phi) is 6.31. The molecule has 0 spiro atoms. The van der Waals surface area contributed by atoms with Crippen LogP contribution in [0.1, 0.15) is 37.8 Å². The van der Waals surface area contributed by atoms with E-state index in [1.165, 1.54) is 15.6 Å². The molecular formula is C21H26N2O5S2. The third-order valence-electron chi connectivity index (χ3n) is 5.47. The number of nitrogens with one attached hydrogen (secondary N) is 1. The van der Waals surface area contributed by atoms with Gasteiger partial charge in [0.05, 0.1) is 25.2 Å². The maximum Gasteiger partial charge on any atom is 0.252 e. The molecule has 1 amide bonds. The van der Waals surface area contributed by atoms with Crippen LogP contribution < -0.4 is 14.8 Å². The van der Waals surface area contributed by atoms with Gasteiger partial charge in [-0.3, -0.25) is 4.79 Å². The fourth-order valence-electron chi connectivity index (χ4n) is 3.78. The molecule has 1 saturated heterocycles. The van der Waals surface area contributed by atoms with Crippen molar-refractivity contribution in [2.24, 2.45) is 5.92 Å². The number of fused-ring (bicyclic) bond motifs is 1. The van der Waals surface area contributed by atoms with Crippen LogP contribution in [0.4, 0.5) is 0 Å². The number of carbonyl (C=O) groups excluding carboxylic acids is 1.